The Balaban J connectivity index is 2.21. The highest BCUT2D eigenvalue weighted by molar-refractivity contribution is 7.92. The zero-order chi connectivity index (χ0) is 21.0. The molecular formula is C23H23NO4S. The zero-order valence-electron chi connectivity index (χ0n) is 16.6. The van der Waals surface area contributed by atoms with Crippen LogP contribution in [0.4, 0.5) is 5.69 Å². The largest absolute Gasteiger partial charge is 0.497 e. The van der Waals surface area contributed by atoms with Crippen molar-refractivity contribution in [2.24, 2.45) is 0 Å². The molecule has 0 amide bonds. The summed E-state index contributed by atoms with van der Waals surface area (Å²) in [6, 6.07) is 19.2. The molecule has 3 rings (SSSR count). The fourth-order valence-corrected chi connectivity index (χ4v) is 4.74. The Morgan fingerprint density at radius 1 is 0.897 bits per heavy atom. The van der Waals surface area contributed by atoms with E-state index in [0.717, 1.165) is 17.4 Å². The molecule has 29 heavy (non-hydrogen) atoms. The maximum absolute atomic E-state index is 13.6. The Labute approximate surface area is 171 Å². The second kappa shape index (κ2) is 8.49. The number of aryl methyl sites for hydroxylation is 2. The Morgan fingerprint density at radius 3 is 2.10 bits per heavy atom. The number of anilines is 1. The number of nitrogens with zero attached hydrogens (tertiary/aromatic N) is 1. The Bertz CT molecular complexity index is 1110. The topological polar surface area (TPSA) is 63.7 Å². The molecule has 0 radical (unpaired) electrons. The molecule has 0 heterocycles. The van der Waals surface area contributed by atoms with Crippen LogP contribution in [0.1, 0.15) is 27.0 Å². The Hall–Kier alpha value is -3.12. The van der Waals surface area contributed by atoms with E-state index in [9.17, 15) is 13.2 Å². The van der Waals surface area contributed by atoms with Gasteiger partial charge in [-0.25, -0.2) is 8.42 Å². The van der Waals surface area contributed by atoms with Gasteiger partial charge in [-0.05, 0) is 54.8 Å². The molecule has 0 aromatic heterocycles. The van der Waals surface area contributed by atoms with Crippen LogP contribution in [0.5, 0.6) is 5.75 Å². The predicted octanol–water partition coefficient (Wildman–Crippen LogP) is 4.52. The van der Waals surface area contributed by atoms with Crippen LogP contribution in [0.2, 0.25) is 0 Å². The minimum Gasteiger partial charge on any atom is -0.497 e. The fourth-order valence-electron chi connectivity index (χ4n) is 3.21. The molecular weight excluding hydrogens is 386 g/mol. The molecule has 150 valence electrons. The molecule has 0 saturated carbocycles. The van der Waals surface area contributed by atoms with Crippen molar-refractivity contribution in [2.75, 3.05) is 11.4 Å². The van der Waals surface area contributed by atoms with E-state index >= 15 is 0 Å². The minimum absolute atomic E-state index is 0.111. The van der Waals surface area contributed by atoms with E-state index in [1.54, 1.807) is 19.1 Å². The quantitative estimate of drug-likeness (QED) is 0.538. The summed E-state index contributed by atoms with van der Waals surface area (Å²) in [5.41, 5.74) is 3.04. The minimum atomic E-state index is -3.93. The second-order valence-electron chi connectivity index (χ2n) is 6.75. The number of ether oxygens (including phenoxy) is 1. The Morgan fingerprint density at radius 2 is 1.52 bits per heavy atom. The summed E-state index contributed by atoms with van der Waals surface area (Å²) in [5, 5.41) is 0. The van der Waals surface area contributed by atoms with Crippen molar-refractivity contribution in [3.8, 4) is 5.75 Å². The van der Waals surface area contributed by atoms with Gasteiger partial charge in [-0.3, -0.25) is 9.10 Å². The Kier molecular flexibility index (Phi) is 6.03. The zero-order valence-corrected chi connectivity index (χ0v) is 17.4. The first-order valence-corrected chi connectivity index (χ1v) is 10.6. The summed E-state index contributed by atoms with van der Waals surface area (Å²) in [7, 11) is -2.40. The fraction of sp³-hybridized carbons (Fsp3) is 0.174. The highest BCUT2D eigenvalue weighted by atomic mass is 32.2. The van der Waals surface area contributed by atoms with Crippen LogP contribution in [0.15, 0.2) is 71.6 Å². The van der Waals surface area contributed by atoms with Gasteiger partial charge in [0, 0.05) is 5.56 Å². The molecule has 0 spiro atoms. The number of rotatable bonds is 7. The highest BCUT2D eigenvalue weighted by Crippen LogP contribution is 2.33. The van der Waals surface area contributed by atoms with Gasteiger partial charge in [0.2, 0.25) is 0 Å². The maximum Gasteiger partial charge on any atom is 0.264 e. The number of carbonyl (C=O) groups is 1. The predicted molar refractivity (Wildman–Crippen MR) is 114 cm³/mol. The normalized spacial score (nSPS) is 11.1. The SMILES string of the molecule is COc1ccc(S(=O)(=O)N(Cc2ccccc2)c2c(C)ccc(C)c2C=O)cc1. The van der Waals surface area contributed by atoms with Crippen molar-refractivity contribution in [2.45, 2.75) is 25.3 Å². The van der Waals surface area contributed by atoms with Crippen molar-refractivity contribution in [1.29, 1.82) is 0 Å². The first-order valence-electron chi connectivity index (χ1n) is 9.14. The lowest BCUT2D eigenvalue weighted by molar-refractivity contribution is 0.112. The van der Waals surface area contributed by atoms with Gasteiger partial charge in [0.05, 0.1) is 24.2 Å². The molecule has 0 N–H and O–H groups in total. The van der Waals surface area contributed by atoms with Gasteiger partial charge in [0.1, 0.15) is 5.75 Å². The molecule has 0 atom stereocenters. The monoisotopic (exact) mass is 409 g/mol. The van der Waals surface area contributed by atoms with Crippen LogP contribution < -0.4 is 9.04 Å². The third-order valence-electron chi connectivity index (χ3n) is 4.82. The lowest BCUT2D eigenvalue weighted by Gasteiger charge is -2.28. The summed E-state index contributed by atoms with van der Waals surface area (Å²) in [6.45, 7) is 3.72. The molecule has 6 heteroatoms. The summed E-state index contributed by atoms with van der Waals surface area (Å²) in [4.78, 5) is 12.0. The van der Waals surface area contributed by atoms with E-state index < -0.39 is 10.0 Å². The number of hydrogen-bond donors (Lipinski definition) is 0. The third-order valence-corrected chi connectivity index (χ3v) is 6.58. The van der Waals surface area contributed by atoms with E-state index in [-0.39, 0.29) is 11.4 Å². The number of aldehydes is 1. The van der Waals surface area contributed by atoms with Gasteiger partial charge >= 0.3 is 0 Å². The number of methoxy groups -OCH3 is 1. The molecule has 0 aliphatic heterocycles. The van der Waals surface area contributed by atoms with Crippen LogP contribution in [-0.4, -0.2) is 21.8 Å². The van der Waals surface area contributed by atoms with Crippen molar-refractivity contribution in [1.82, 2.24) is 0 Å². The van der Waals surface area contributed by atoms with Crippen LogP contribution in [0.3, 0.4) is 0 Å². The third kappa shape index (κ3) is 4.17. The van der Waals surface area contributed by atoms with Gasteiger partial charge in [0.25, 0.3) is 10.0 Å². The summed E-state index contributed by atoms with van der Waals surface area (Å²) in [5.74, 6) is 0.568. The van der Waals surface area contributed by atoms with Gasteiger partial charge in [0.15, 0.2) is 6.29 Å². The molecule has 0 aliphatic carbocycles. The number of sulfonamides is 1. The summed E-state index contributed by atoms with van der Waals surface area (Å²) in [6.07, 6.45) is 0.721. The molecule has 3 aromatic rings. The van der Waals surface area contributed by atoms with E-state index in [2.05, 4.69) is 0 Å². The molecule has 0 fully saturated rings. The van der Waals surface area contributed by atoms with Gasteiger partial charge in [-0.15, -0.1) is 0 Å². The summed E-state index contributed by atoms with van der Waals surface area (Å²) >= 11 is 0. The van der Waals surface area contributed by atoms with Crippen molar-refractivity contribution in [3.05, 3.63) is 89.0 Å². The average Bonchev–Trinajstić information content (AvgIpc) is 2.74. The molecule has 0 saturated heterocycles. The van der Waals surface area contributed by atoms with Crippen molar-refractivity contribution >= 4 is 22.0 Å². The molecule has 3 aromatic carbocycles. The van der Waals surface area contributed by atoms with Crippen LogP contribution in [0, 0.1) is 13.8 Å². The second-order valence-corrected chi connectivity index (χ2v) is 8.61. The van der Waals surface area contributed by atoms with E-state index in [0.29, 0.717) is 22.6 Å². The van der Waals surface area contributed by atoms with Gasteiger partial charge < -0.3 is 4.74 Å². The smallest absolute Gasteiger partial charge is 0.264 e. The lowest BCUT2D eigenvalue weighted by Crippen LogP contribution is -2.32. The number of carbonyl (C=O) groups excluding carboxylic acids is 1. The van der Waals surface area contributed by atoms with E-state index in [4.69, 9.17) is 4.74 Å². The van der Waals surface area contributed by atoms with Crippen molar-refractivity contribution in [3.63, 3.8) is 0 Å². The van der Waals surface area contributed by atoms with E-state index in [1.807, 2.05) is 49.4 Å². The van der Waals surface area contributed by atoms with Crippen LogP contribution in [-0.2, 0) is 16.6 Å². The average molecular weight is 410 g/mol. The highest BCUT2D eigenvalue weighted by Gasteiger charge is 2.29. The number of benzene rings is 3. The first-order chi connectivity index (χ1) is 13.9. The van der Waals surface area contributed by atoms with Crippen LogP contribution in [0.25, 0.3) is 0 Å². The molecule has 0 bridgehead atoms. The van der Waals surface area contributed by atoms with Crippen molar-refractivity contribution < 1.29 is 17.9 Å². The molecule has 5 nitrogen and oxygen atoms in total. The summed E-state index contributed by atoms with van der Waals surface area (Å²) < 4.78 is 33.7. The first kappa shape index (κ1) is 20.6. The maximum atomic E-state index is 13.6. The van der Waals surface area contributed by atoms with Gasteiger partial charge in [-0.2, -0.15) is 0 Å². The lowest BCUT2D eigenvalue weighted by atomic mass is 10.0. The standard InChI is InChI=1S/C23H23NO4S/c1-17-9-10-18(2)23(22(17)16-25)24(15-19-7-5-4-6-8-19)29(26,27)21-13-11-20(28-3)12-14-21/h4-14,16H,15H2,1-3H3. The molecule has 0 aliphatic rings. The van der Waals surface area contributed by atoms with E-state index in [1.165, 1.54) is 23.5 Å². The van der Waals surface area contributed by atoms with Crippen LogP contribution >= 0.6 is 0 Å². The molecule has 0 unspecified atom stereocenters. The number of hydrogen-bond acceptors (Lipinski definition) is 4. The van der Waals surface area contributed by atoms with Gasteiger partial charge in [-0.1, -0.05) is 42.5 Å².